The predicted molar refractivity (Wildman–Crippen MR) is 168 cm³/mol. The van der Waals surface area contributed by atoms with Crippen LogP contribution in [0.15, 0.2) is 84.9 Å². The van der Waals surface area contributed by atoms with Crippen molar-refractivity contribution in [1.82, 2.24) is 0 Å². The fraction of sp³-hybridized carbons (Fsp3) is 0.500. The van der Waals surface area contributed by atoms with Gasteiger partial charge in [-0.1, -0.05) is 93.6 Å². The lowest BCUT2D eigenvalue weighted by Gasteiger charge is -2.50. The van der Waals surface area contributed by atoms with Crippen molar-refractivity contribution < 1.29 is 28.1 Å². The monoisotopic (exact) mass is 604 g/mol. The van der Waals surface area contributed by atoms with E-state index in [4.69, 9.17) is 18.6 Å². The van der Waals surface area contributed by atoms with E-state index in [9.17, 15) is 9.50 Å². The van der Waals surface area contributed by atoms with Gasteiger partial charge in [-0.3, -0.25) is 0 Å². The minimum Gasteiger partial charge on any atom is -0.408 e. The first kappa shape index (κ1) is 30.6. The SMILES string of the molecule is CC(C)(C)[C@@H]1[C@H]2CC(O)OC(CO[SiH](c3ccccc3)c3ccccc3)[C@@]2(c2ccc(F)cc2)C[C@H]1OC1CCCCO1. The summed E-state index contributed by atoms with van der Waals surface area (Å²) in [5.74, 6) is -0.103. The van der Waals surface area contributed by atoms with Crippen molar-refractivity contribution in [3.05, 3.63) is 96.3 Å². The van der Waals surface area contributed by atoms with Crippen LogP contribution in [0.2, 0.25) is 0 Å². The number of aliphatic hydroxyl groups excluding tert-OH is 1. The lowest BCUT2D eigenvalue weighted by atomic mass is 9.61. The Morgan fingerprint density at radius 1 is 0.930 bits per heavy atom. The van der Waals surface area contributed by atoms with E-state index in [1.54, 1.807) is 12.1 Å². The van der Waals surface area contributed by atoms with Gasteiger partial charge in [0.05, 0.1) is 18.8 Å². The number of ether oxygens (including phenoxy) is 3. The summed E-state index contributed by atoms with van der Waals surface area (Å²) < 4.78 is 40.6. The van der Waals surface area contributed by atoms with Gasteiger partial charge in [0.1, 0.15) is 5.82 Å². The standard InChI is InChI=1S/C36H45FO5Si/c1-35(2,3)34-29-22-32(38)42-31(24-40-43(27-12-6-4-7-13-27)28-14-8-5-9-15-28)36(29,25-17-19-26(37)20-18-25)23-30(34)41-33-16-10-11-21-39-33/h4-9,12-15,17-20,29-34,38,43H,10-11,16,21-24H2,1-3H3/t29-,30-,31?,32?,33?,34-,36-/m1/s1. The molecule has 2 aliphatic heterocycles. The smallest absolute Gasteiger partial charge is 0.239 e. The molecule has 1 N–H and O–H groups in total. The summed E-state index contributed by atoms with van der Waals surface area (Å²) in [6.07, 6.45) is 2.50. The lowest BCUT2D eigenvalue weighted by Crippen LogP contribution is -2.57. The average Bonchev–Trinajstić information content (AvgIpc) is 3.34. The largest absolute Gasteiger partial charge is 0.408 e. The molecule has 2 heterocycles. The summed E-state index contributed by atoms with van der Waals surface area (Å²) in [4.78, 5) is 0. The summed E-state index contributed by atoms with van der Waals surface area (Å²) in [6.45, 7) is 7.81. The number of benzene rings is 3. The van der Waals surface area contributed by atoms with Crippen molar-refractivity contribution >= 4 is 19.4 Å². The second-order valence-electron chi connectivity index (χ2n) is 13.6. The first-order valence-corrected chi connectivity index (χ1v) is 17.5. The highest BCUT2D eigenvalue weighted by molar-refractivity contribution is 6.80. The van der Waals surface area contributed by atoms with Crippen molar-refractivity contribution in [2.75, 3.05) is 13.2 Å². The number of fused-ring (bicyclic) bond motifs is 1. The molecular weight excluding hydrogens is 559 g/mol. The molecule has 0 spiro atoms. The fourth-order valence-corrected chi connectivity index (χ4v) is 10.4. The van der Waals surface area contributed by atoms with Gasteiger partial charge in [-0.25, -0.2) is 4.39 Å². The maximum Gasteiger partial charge on any atom is 0.239 e. The summed E-state index contributed by atoms with van der Waals surface area (Å²) in [6, 6.07) is 27.7. The molecule has 1 aliphatic carbocycles. The maximum absolute atomic E-state index is 14.3. The van der Waals surface area contributed by atoms with Crippen LogP contribution < -0.4 is 10.4 Å². The van der Waals surface area contributed by atoms with Crippen LogP contribution in [0.1, 0.15) is 58.4 Å². The van der Waals surface area contributed by atoms with Gasteiger partial charge in [-0.15, -0.1) is 0 Å². The average molecular weight is 605 g/mol. The van der Waals surface area contributed by atoms with Crippen LogP contribution in [0.25, 0.3) is 0 Å². The number of rotatable bonds is 8. The van der Waals surface area contributed by atoms with Gasteiger partial charge < -0.3 is 23.7 Å². The highest BCUT2D eigenvalue weighted by Gasteiger charge is 2.64. The highest BCUT2D eigenvalue weighted by Crippen LogP contribution is 2.61. The second kappa shape index (κ2) is 12.9. The maximum atomic E-state index is 14.3. The molecule has 5 nitrogen and oxygen atoms in total. The minimum absolute atomic E-state index is 0.0393. The van der Waals surface area contributed by atoms with Crippen LogP contribution in [0.4, 0.5) is 4.39 Å². The first-order valence-electron chi connectivity index (χ1n) is 15.8. The van der Waals surface area contributed by atoms with Crippen LogP contribution in [0.5, 0.6) is 0 Å². The number of aliphatic hydroxyl groups is 1. The molecule has 43 heavy (non-hydrogen) atoms. The minimum atomic E-state index is -2.08. The van der Waals surface area contributed by atoms with Crippen LogP contribution in [0.3, 0.4) is 0 Å². The molecule has 3 unspecified atom stereocenters. The molecule has 0 radical (unpaired) electrons. The molecular formula is C36H45FO5Si. The van der Waals surface area contributed by atoms with E-state index in [1.165, 1.54) is 10.4 Å². The Hall–Kier alpha value is -2.39. The lowest BCUT2D eigenvalue weighted by molar-refractivity contribution is -0.220. The van der Waals surface area contributed by atoms with Gasteiger partial charge in [0.15, 0.2) is 12.6 Å². The fourth-order valence-electron chi connectivity index (χ4n) is 8.10. The molecule has 3 aromatic carbocycles. The summed E-state index contributed by atoms with van der Waals surface area (Å²) in [5.41, 5.74) is 0.373. The van der Waals surface area contributed by atoms with Gasteiger partial charge in [-0.05, 0) is 71.0 Å². The van der Waals surface area contributed by atoms with Gasteiger partial charge in [0, 0.05) is 18.4 Å². The van der Waals surface area contributed by atoms with Crippen molar-refractivity contribution in [2.45, 2.75) is 83.1 Å². The van der Waals surface area contributed by atoms with E-state index < -0.39 is 26.8 Å². The number of halogens is 1. The van der Waals surface area contributed by atoms with Crippen molar-refractivity contribution in [3.63, 3.8) is 0 Å². The highest BCUT2D eigenvalue weighted by atomic mass is 28.3. The predicted octanol–water partition coefficient (Wildman–Crippen LogP) is 5.32. The molecule has 3 aliphatic rings. The molecule has 230 valence electrons. The zero-order valence-corrected chi connectivity index (χ0v) is 26.7. The van der Waals surface area contributed by atoms with Gasteiger partial charge >= 0.3 is 0 Å². The third-order valence-electron chi connectivity index (χ3n) is 9.85. The van der Waals surface area contributed by atoms with Crippen molar-refractivity contribution in [1.29, 1.82) is 0 Å². The first-order chi connectivity index (χ1) is 20.8. The third-order valence-corrected chi connectivity index (χ3v) is 12.4. The molecule has 3 aromatic rings. The third kappa shape index (κ3) is 6.39. The number of hydrogen-bond acceptors (Lipinski definition) is 5. The van der Waals surface area contributed by atoms with Gasteiger partial charge in [0.25, 0.3) is 0 Å². The van der Waals surface area contributed by atoms with E-state index in [-0.39, 0.29) is 35.5 Å². The molecule has 6 rings (SSSR count). The summed E-state index contributed by atoms with van der Waals surface area (Å²) in [7, 11) is -2.08. The van der Waals surface area contributed by atoms with Crippen molar-refractivity contribution in [3.8, 4) is 0 Å². The van der Waals surface area contributed by atoms with Crippen LogP contribution in [-0.2, 0) is 24.1 Å². The molecule has 0 amide bonds. The Morgan fingerprint density at radius 3 is 2.16 bits per heavy atom. The molecule has 2 saturated heterocycles. The Balaban J connectivity index is 1.39. The Kier molecular flexibility index (Phi) is 9.20. The van der Waals surface area contributed by atoms with Crippen LogP contribution in [0, 0.1) is 23.1 Å². The Morgan fingerprint density at radius 2 is 1.58 bits per heavy atom. The normalized spacial score (nSPS) is 31.2. The molecule has 0 bridgehead atoms. The molecule has 1 saturated carbocycles. The second-order valence-corrected chi connectivity index (χ2v) is 16.0. The van der Waals surface area contributed by atoms with Crippen LogP contribution >= 0.6 is 0 Å². The molecule has 0 aromatic heterocycles. The Labute approximate surface area is 257 Å². The zero-order chi connectivity index (χ0) is 30.0. The molecule has 7 atom stereocenters. The van der Waals surface area contributed by atoms with Gasteiger partial charge in [-0.2, -0.15) is 0 Å². The van der Waals surface area contributed by atoms with E-state index in [0.29, 0.717) is 26.1 Å². The summed E-state index contributed by atoms with van der Waals surface area (Å²) in [5, 5.41) is 13.6. The Bertz CT molecular complexity index is 1270. The van der Waals surface area contributed by atoms with Crippen molar-refractivity contribution in [2.24, 2.45) is 17.3 Å². The molecule has 7 heteroatoms. The zero-order valence-electron chi connectivity index (χ0n) is 25.5. The molecule has 3 fully saturated rings. The van der Waals surface area contributed by atoms with E-state index in [1.807, 2.05) is 24.3 Å². The van der Waals surface area contributed by atoms with E-state index >= 15 is 0 Å². The van der Waals surface area contributed by atoms with Crippen LogP contribution in [-0.4, -0.2) is 52.1 Å². The quantitative estimate of drug-likeness (QED) is 0.353. The van der Waals surface area contributed by atoms with E-state index in [0.717, 1.165) is 24.8 Å². The number of hydrogen-bond donors (Lipinski definition) is 1. The van der Waals surface area contributed by atoms with E-state index in [2.05, 4.69) is 69.3 Å². The van der Waals surface area contributed by atoms with Gasteiger partial charge in [0.2, 0.25) is 9.04 Å². The topological polar surface area (TPSA) is 57.2 Å². The summed E-state index contributed by atoms with van der Waals surface area (Å²) >= 11 is 0.